The number of alkyl halides is 2. The van der Waals surface area contributed by atoms with E-state index in [1.807, 2.05) is 20.8 Å². The van der Waals surface area contributed by atoms with Crippen molar-refractivity contribution in [1.29, 1.82) is 0 Å². The van der Waals surface area contributed by atoms with Gasteiger partial charge >= 0.3 is 5.97 Å². The molecule has 0 aliphatic carbocycles. The number of ether oxygens (including phenoxy) is 3. The molecule has 0 bridgehead atoms. The molecule has 1 aromatic rings. The number of esters is 1. The maximum absolute atomic E-state index is 13.3. The lowest BCUT2D eigenvalue weighted by molar-refractivity contribution is -0.385. The smallest absolute Gasteiger partial charge is 0.302 e. The van der Waals surface area contributed by atoms with Crippen LogP contribution in [-0.2, 0) is 14.3 Å². The van der Waals surface area contributed by atoms with Crippen LogP contribution in [0, 0.1) is 27.9 Å². The van der Waals surface area contributed by atoms with Gasteiger partial charge in [-0.3, -0.25) is 14.9 Å². The van der Waals surface area contributed by atoms with Gasteiger partial charge in [0.15, 0.2) is 0 Å². The Morgan fingerprint density at radius 3 is 2.48 bits per heavy atom. The molecule has 0 aromatic heterocycles. The van der Waals surface area contributed by atoms with E-state index in [-0.39, 0.29) is 30.1 Å². The first kappa shape index (κ1) is 21.0. The number of hydrogen-bond acceptors (Lipinski definition) is 6. The first-order chi connectivity index (χ1) is 12.6. The SMILES string of the molecule is CC(=O)OCC1O[C@@H](Oc2ccc([N+](=O)[O-])cc2C(F)F)C(C)[C@@H](C)[C@@H]1C. The van der Waals surface area contributed by atoms with Crippen LogP contribution in [0.4, 0.5) is 14.5 Å². The van der Waals surface area contributed by atoms with Gasteiger partial charge in [0.25, 0.3) is 12.1 Å². The number of nitro benzene ring substituents is 1. The molecule has 0 radical (unpaired) electrons. The highest BCUT2D eigenvalue weighted by Crippen LogP contribution is 2.39. The number of carbonyl (C=O) groups is 1. The van der Waals surface area contributed by atoms with Crippen molar-refractivity contribution in [3.05, 3.63) is 33.9 Å². The fraction of sp³-hybridized carbons (Fsp3) is 0.611. The monoisotopic (exact) mass is 387 g/mol. The third-order valence-electron chi connectivity index (χ3n) is 5.12. The van der Waals surface area contributed by atoms with Gasteiger partial charge in [0.2, 0.25) is 6.29 Å². The number of halogens is 2. The van der Waals surface area contributed by atoms with E-state index in [0.29, 0.717) is 0 Å². The Kier molecular flexibility index (Phi) is 6.69. The minimum atomic E-state index is -2.94. The summed E-state index contributed by atoms with van der Waals surface area (Å²) in [4.78, 5) is 21.2. The molecule has 1 aromatic carbocycles. The Morgan fingerprint density at radius 2 is 1.93 bits per heavy atom. The van der Waals surface area contributed by atoms with Crippen molar-refractivity contribution in [3.8, 4) is 5.75 Å². The van der Waals surface area contributed by atoms with Gasteiger partial charge in [-0.05, 0) is 17.9 Å². The van der Waals surface area contributed by atoms with Crippen molar-refractivity contribution in [2.75, 3.05) is 6.61 Å². The third kappa shape index (κ3) is 4.91. The van der Waals surface area contributed by atoms with Crippen LogP contribution in [0.5, 0.6) is 5.75 Å². The molecule has 9 heteroatoms. The molecule has 1 fully saturated rings. The van der Waals surface area contributed by atoms with Crippen LogP contribution in [0.1, 0.15) is 39.7 Å². The molecule has 27 heavy (non-hydrogen) atoms. The zero-order chi connectivity index (χ0) is 20.3. The predicted molar refractivity (Wildman–Crippen MR) is 91.5 cm³/mol. The Morgan fingerprint density at radius 1 is 1.26 bits per heavy atom. The van der Waals surface area contributed by atoms with Crippen LogP contribution < -0.4 is 4.74 Å². The summed E-state index contributed by atoms with van der Waals surface area (Å²) < 4.78 is 43.3. The van der Waals surface area contributed by atoms with Crippen LogP contribution in [0.25, 0.3) is 0 Å². The Hall–Kier alpha value is -2.29. The molecule has 1 aliphatic rings. The van der Waals surface area contributed by atoms with Crippen molar-refractivity contribution in [2.24, 2.45) is 17.8 Å². The number of rotatable bonds is 6. The zero-order valence-corrected chi connectivity index (χ0v) is 15.6. The summed E-state index contributed by atoms with van der Waals surface area (Å²) in [5, 5.41) is 10.8. The van der Waals surface area contributed by atoms with E-state index in [0.717, 1.165) is 18.2 Å². The molecule has 2 unspecified atom stereocenters. The number of non-ortho nitro benzene ring substituents is 1. The Balaban J connectivity index is 2.23. The standard InChI is InChI=1S/C18H23F2NO6/c1-9-10(2)16(8-25-12(4)22)27-18(11(9)3)26-15-6-5-13(21(23)24)7-14(15)17(19)20/h5-7,9-11,16-18H,8H2,1-4H3/t9-,10-,11?,16?,18+/m0/s1. The van der Waals surface area contributed by atoms with Crippen LogP contribution >= 0.6 is 0 Å². The second-order valence-electron chi connectivity index (χ2n) is 6.82. The number of carbonyl (C=O) groups excluding carboxylic acids is 1. The topological polar surface area (TPSA) is 87.9 Å². The molecule has 0 spiro atoms. The van der Waals surface area contributed by atoms with Gasteiger partial charge in [0.05, 0.1) is 16.6 Å². The first-order valence-electron chi connectivity index (χ1n) is 8.63. The summed E-state index contributed by atoms with van der Waals surface area (Å²) in [6, 6.07) is 3.06. The normalized spacial score (nSPS) is 28.0. The molecule has 5 atom stereocenters. The zero-order valence-electron chi connectivity index (χ0n) is 15.6. The third-order valence-corrected chi connectivity index (χ3v) is 5.12. The van der Waals surface area contributed by atoms with Crippen LogP contribution in [0.2, 0.25) is 0 Å². The van der Waals surface area contributed by atoms with Crippen molar-refractivity contribution in [2.45, 2.75) is 46.5 Å². The van der Waals surface area contributed by atoms with Gasteiger partial charge in [-0.15, -0.1) is 0 Å². The average Bonchev–Trinajstić information content (AvgIpc) is 2.60. The molecule has 7 nitrogen and oxygen atoms in total. The minimum Gasteiger partial charge on any atom is -0.464 e. The molecular weight excluding hydrogens is 364 g/mol. The second-order valence-corrected chi connectivity index (χ2v) is 6.82. The lowest BCUT2D eigenvalue weighted by Gasteiger charge is -2.43. The van der Waals surface area contributed by atoms with Gasteiger partial charge in [-0.2, -0.15) is 0 Å². The summed E-state index contributed by atoms with van der Waals surface area (Å²) in [6.45, 7) is 7.15. The van der Waals surface area contributed by atoms with Crippen molar-refractivity contribution in [3.63, 3.8) is 0 Å². The molecule has 0 saturated carbocycles. The maximum Gasteiger partial charge on any atom is 0.302 e. The molecule has 0 amide bonds. The first-order valence-corrected chi connectivity index (χ1v) is 8.63. The highest BCUT2D eigenvalue weighted by molar-refractivity contribution is 5.65. The second kappa shape index (κ2) is 8.60. The van der Waals surface area contributed by atoms with Crippen LogP contribution in [0.3, 0.4) is 0 Å². The summed E-state index contributed by atoms with van der Waals surface area (Å²) in [7, 11) is 0. The van der Waals surface area contributed by atoms with E-state index in [4.69, 9.17) is 14.2 Å². The lowest BCUT2D eigenvalue weighted by atomic mass is 9.79. The van der Waals surface area contributed by atoms with Gasteiger partial charge in [0.1, 0.15) is 12.4 Å². The summed E-state index contributed by atoms with van der Waals surface area (Å²) >= 11 is 0. The lowest BCUT2D eigenvalue weighted by Crippen LogP contribution is -2.49. The van der Waals surface area contributed by atoms with Gasteiger partial charge in [0, 0.05) is 25.0 Å². The summed E-state index contributed by atoms with van der Waals surface area (Å²) in [6.07, 6.45) is -4.24. The van der Waals surface area contributed by atoms with Crippen molar-refractivity contribution < 1.29 is 32.7 Å². The highest BCUT2D eigenvalue weighted by Gasteiger charge is 2.41. The minimum absolute atomic E-state index is 0.0371. The Labute approximate surface area is 155 Å². The van der Waals surface area contributed by atoms with Gasteiger partial charge in [-0.25, -0.2) is 8.78 Å². The van der Waals surface area contributed by atoms with Crippen molar-refractivity contribution >= 4 is 11.7 Å². The number of nitrogens with zero attached hydrogens (tertiary/aromatic N) is 1. The van der Waals surface area contributed by atoms with Crippen LogP contribution in [-0.4, -0.2) is 29.9 Å². The number of benzene rings is 1. The molecule has 150 valence electrons. The van der Waals surface area contributed by atoms with Gasteiger partial charge < -0.3 is 14.2 Å². The predicted octanol–water partition coefficient (Wildman–Crippen LogP) is 4.11. The maximum atomic E-state index is 13.3. The quantitative estimate of drug-likeness (QED) is 0.415. The molecule has 0 N–H and O–H groups in total. The van der Waals surface area contributed by atoms with E-state index >= 15 is 0 Å². The van der Waals surface area contributed by atoms with Crippen molar-refractivity contribution in [1.82, 2.24) is 0 Å². The van der Waals surface area contributed by atoms with Gasteiger partial charge in [-0.1, -0.05) is 20.8 Å². The highest BCUT2D eigenvalue weighted by atomic mass is 19.3. The van der Waals surface area contributed by atoms with E-state index in [1.165, 1.54) is 6.92 Å². The fourth-order valence-corrected chi connectivity index (χ4v) is 3.06. The summed E-state index contributed by atoms with van der Waals surface area (Å²) in [5.74, 6) is -0.567. The fourth-order valence-electron chi connectivity index (χ4n) is 3.06. The van der Waals surface area contributed by atoms with E-state index in [9.17, 15) is 23.7 Å². The molecular formula is C18H23F2NO6. The average molecular weight is 387 g/mol. The Bertz CT molecular complexity index is 698. The van der Waals surface area contributed by atoms with E-state index in [2.05, 4.69) is 0 Å². The molecule has 2 rings (SSSR count). The molecule has 1 heterocycles. The number of hydrogen-bond donors (Lipinski definition) is 0. The van der Waals surface area contributed by atoms with E-state index in [1.54, 1.807) is 0 Å². The largest absolute Gasteiger partial charge is 0.464 e. The van der Waals surface area contributed by atoms with Crippen LogP contribution in [0.15, 0.2) is 18.2 Å². The summed E-state index contributed by atoms with van der Waals surface area (Å²) in [5.41, 5.74) is -1.01. The molecule has 1 aliphatic heterocycles. The number of nitro groups is 1. The van der Waals surface area contributed by atoms with E-state index < -0.39 is 41.0 Å². The molecule has 1 saturated heterocycles.